The van der Waals surface area contributed by atoms with Crippen LogP contribution >= 0.6 is 0 Å². The number of anilines is 1. The fourth-order valence-electron chi connectivity index (χ4n) is 3.67. The van der Waals surface area contributed by atoms with Gasteiger partial charge in [0.2, 0.25) is 6.10 Å². The van der Waals surface area contributed by atoms with Crippen LogP contribution in [0.4, 0.5) is 10.5 Å². The molecule has 0 radical (unpaired) electrons. The summed E-state index contributed by atoms with van der Waals surface area (Å²) in [4.78, 5) is 26.3. The number of carbonyl (C=O) groups excluding carboxylic acids is 2. The third-order valence-electron chi connectivity index (χ3n) is 5.33. The van der Waals surface area contributed by atoms with E-state index in [1.54, 1.807) is 25.2 Å². The molecule has 0 bridgehead atoms. The SMILES string of the molecule is CN1C(=O)[C@@H](OC(=O)NC(C)(C)C)COc2ccc(OCC#CC3(O)CCCCC3)cc21. The third-order valence-corrected chi connectivity index (χ3v) is 5.33. The van der Waals surface area contributed by atoms with Crippen molar-refractivity contribution in [2.45, 2.75) is 70.1 Å². The topological polar surface area (TPSA) is 97.3 Å². The molecule has 1 aliphatic carbocycles. The second-order valence-corrected chi connectivity index (χ2v) is 9.29. The summed E-state index contributed by atoms with van der Waals surface area (Å²) in [5.74, 6) is 6.44. The standard InChI is InChI=1S/C24H32N2O6/c1-23(2,3)25-22(28)32-20-16-31-19-10-9-17(15-18(19)26(4)21(20)27)30-14-8-13-24(29)11-6-5-7-12-24/h9-10,15,20,29H,5-7,11-12,14,16H2,1-4H3,(H,25,28)/t20-/m0/s1. The number of hydrogen-bond acceptors (Lipinski definition) is 6. The number of carbonyl (C=O) groups is 2. The van der Waals surface area contributed by atoms with E-state index in [0.29, 0.717) is 30.0 Å². The minimum absolute atomic E-state index is 0.0853. The van der Waals surface area contributed by atoms with Crippen molar-refractivity contribution in [1.82, 2.24) is 5.32 Å². The molecule has 1 aromatic carbocycles. The average Bonchev–Trinajstić information content (AvgIpc) is 2.83. The van der Waals surface area contributed by atoms with Crippen LogP contribution in [0.25, 0.3) is 0 Å². The zero-order chi connectivity index (χ0) is 23.4. The Bertz CT molecular complexity index is 905. The zero-order valence-electron chi connectivity index (χ0n) is 19.2. The Balaban J connectivity index is 1.63. The fourth-order valence-corrected chi connectivity index (χ4v) is 3.67. The van der Waals surface area contributed by atoms with E-state index in [1.165, 1.54) is 4.90 Å². The fraction of sp³-hybridized carbons (Fsp3) is 0.583. The molecule has 0 saturated heterocycles. The first-order valence-corrected chi connectivity index (χ1v) is 10.9. The maximum absolute atomic E-state index is 12.8. The molecule has 174 valence electrons. The van der Waals surface area contributed by atoms with Gasteiger partial charge < -0.3 is 29.5 Å². The van der Waals surface area contributed by atoms with Gasteiger partial charge in [0.15, 0.2) is 0 Å². The van der Waals surface area contributed by atoms with Gasteiger partial charge in [-0.25, -0.2) is 4.79 Å². The van der Waals surface area contributed by atoms with Crippen molar-refractivity contribution in [3.8, 4) is 23.3 Å². The molecule has 3 rings (SSSR count). The van der Waals surface area contributed by atoms with Crippen molar-refractivity contribution in [3.05, 3.63) is 18.2 Å². The summed E-state index contributed by atoms with van der Waals surface area (Å²) in [5.41, 5.74) is -0.888. The van der Waals surface area contributed by atoms with Gasteiger partial charge in [-0.1, -0.05) is 18.3 Å². The number of hydrogen-bond donors (Lipinski definition) is 2. The van der Waals surface area contributed by atoms with E-state index in [4.69, 9.17) is 14.2 Å². The average molecular weight is 445 g/mol. The van der Waals surface area contributed by atoms with Gasteiger partial charge in [-0.3, -0.25) is 4.79 Å². The van der Waals surface area contributed by atoms with Gasteiger partial charge in [-0.05, 0) is 58.6 Å². The number of nitrogens with zero attached hydrogens (tertiary/aromatic N) is 1. The lowest BCUT2D eigenvalue weighted by Gasteiger charge is -2.26. The number of alkyl carbamates (subject to hydrolysis) is 1. The van der Waals surface area contributed by atoms with Crippen LogP contribution in [0.3, 0.4) is 0 Å². The number of likely N-dealkylation sites (N-methyl/N-ethyl adjacent to an activating group) is 1. The van der Waals surface area contributed by atoms with Crippen LogP contribution in [0.15, 0.2) is 18.2 Å². The van der Waals surface area contributed by atoms with Crippen molar-refractivity contribution in [1.29, 1.82) is 0 Å². The molecule has 2 amide bonds. The van der Waals surface area contributed by atoms with E-state index in [-0.39, 0.29) is 13.2 Å². The summed E-state index contributed by atoms with van der Waals surface area (Å²) in [7, 11) is 1.59. The number of ether oxygens (including phenoxy) is 3. The molecule has 0 unspecified atom stereocenters. The van der Waals surface area contributed by atoms with Crippen LogP contribution in [0, 0.1) is 11.8 Å². The molecule has 1 saturated carbocycles. The van der Waals surface area contributed by atoms with Gasteiger partial charge >= 0.3 is 6.09 Å². The predicted octanol–water partition coefficient (Wildman–Crippen LogP) is 3.01. The molecule has 8 heteroatoms. The van der Waals surface area contributed by atoms with Gasteiger partial charge in [0.05, 0.1) is 5.69 Å². The van der Waals surface area contributed by atoms with Gasteiger partial charge in [0, 0.05) is 18.7 Å². The Kier molecular flexibility index (Phi) is 7.19. The minimum Gasteiger partial charge on any atom is -0.487 e. The van der Waals surface area contributed by atoms with Crippen molar-refractivity contribution < 1.29 is 28.9 Å². The highest BCUT2D eigenvalue weighted by Gasteiger charge is 2.33. The zero-order valence-corrected chi connectivity index (χ0v) is 19.2. The monoisotopic (exact) mass is 444 g/mol. The van der Waals surface area contributed by atoms with Crippen LogP contribution in [-0.4, -0.2) is 54.6 Å². The molecule has 1 atom stereocenters. The first kappa shape index (κ1) is 23.7. The summed E-state index contributed by atoms with van der Waals surface area (Å²) < 4.78 is 16.7. The number of aliphatic hydroxyl groups is 1. The molecule has 0 spiro atoms. The lowest BCUT2D eigenvalue weighted by molar-refractivity contribution is -0.127. The lowest BCUT2D eigenvalue weighted by atomic mass is 9.85. The number of rotatable bonds is 3. The Morgan fingerprint density at radius 2 is 2.03 bits per heavy atom. The van der Waals surface area contributed by atoms with E-state index >= 15 is 0 Å². The highest BCUT2D eigenvalue weighted by atomic mass is 16.6. The Hall–Kier alpha value is -2.92. The molecule has 0 aromatic heterocycles. The van der Waals surface area contributed by atoms with E-state index < -0.39 is 29.2 Å². The second-order valence-electron chi connectivity index (χ2n) is 9.29. The molecule has 1 aromatic rings. The van der Waals surface area contributed by atoms with Crippen LogP contribution in [-0.2, 0) is 9.53 Å². The molecule has 2 N–H and O–H groups in total. The van der Waals surface area contributed by atoms with Crippen molar-refractivity contribution in [3.63, 3.8) is 0 Å². The van der Waals surface area contributed by atoms with E-state index in [0.717, 1.165) is 19.3 Å². The second kappa shape index (κ2) is 9.70. The number of fused-ring (bicyclic) bond motifs is 1. The number of amides is 2. The van der Waals surface area contributed by atoms with Crippen molar-refractivity contribution >= 4 is 17.7 Å². The van der Waals surface area contributed by atoms with Crippen LogP contribution < -0.4 is 19.7 Å². The molecular weight excluding hydrogens is 412 g/mol. The molecule has 2 aliphatic rings. The maximum atomic E-state index is 12.8. The number of benzene rings is 1. The lowest BCUT2D eigenvalue weighted by Crippen LogP contribution is -2.46. The summed E-state index contributed by atoms with van der Waals surface area (Å²) in [5, 5.41) is 13.1. The van der Waals surface area contributed by atoms with Crippen LogP contribution in [0.2, 0.25) is 0 Å². The third kappa shape index (κ3) is 6.30. The maximum Gasteiger partial charge on any atom is 0.408 e. The van der Waals surface area contributed by atoms with Gasteiger partial charge in [0.1, 0.15) is 30.3 Å². The van der Waals surface area contributed by atoms with E-state index in [2.05, 4.69) is 17.2 Å². The van der Waals surface area contributed by atoms with E-state index in [1.807, 2.05) is 20.8 Å². The Morgan fingerprint density at radius 1 is 1.31 bits per heavy atom. The first-order valence-electron chi connectivity index (χ1n) is 10.9. The quantitative estimate of drug-likeness (QED) is 0.696. The minimum atomic E-state index is -1.07. The molecule has 8 nitrogen and oxygen atoms in total. The molecular formula is C24H32N2O6. The molecule has 1 aliphatic heterocycles. The summed E-state index contributed by atoms with van der Waals surface area (Å²) >= 11 is 0. The Morgan fingerprint density at radius 3 is 2.72 bits per heavy atom. The van der Waals surface area contributed by atoms with Gasteiger partial charge in [-0.15, -0.1) is 0 Å². The highest BCUT2D eigenvalue weighted by molar-refractivity contribution is 5.99. The van der Waals surface area contributed by atoms with Crippen molar-refractivity contribution in [2.75, 3.05) is 25.2 Å². The summed E-state index contributed by atoms with van der Waals surface area (Å²) in [6.45, 7) is 5.51. The van der Waals surface area contributed by atoms with Gasteiger partial charge in [0.25, 0.3) is 5.91 Å². The first-order chi connectivity index (χ1) is 15.1. The molecule has 1 fully saturated rings. The highest BCUT2D eigenvalue weighted by Crippen LogP contribution is 2.34. The van der Waals surface area contributed by atoms with Crippen molar-refractivity contribution in [2.24, 2.45) is 0 Å². The van der Waals surface area contributed by atoms with Crippen LogP contribution in [0.5, 0.6) is 11.5 Å². The molecule has 32 heavy (non-hydrogen) atoms. The van der Waals surface area contributed by atoms with Gasteiger partial charge in [-0.2, -0.15) is 0 Å². The smallest absolute Gasteiger partial charge is 0.408 e. The van der Waals surface area contributed by atoms with Crippen LogP contribution in [0.1, 0.15) is 52.9 Å². The number of nitrogens with one attached hydrogen (secondary N) is 1. The summed E-state index contributed by atoms with van der Waals surface area (Å²) in [6, 6.07) is 5.11. The Labute approximate surface area is 189 Å². The largest absolute Gasteiger partial charge is 0.487 e. The normalized spacial score (nSPS) is 20.1. The predicted molar refractivity (Wildman–Crippen MR) is 120 cm³/mol. The van der Waals surface area contributed by atoms with E-state index in [9.17, 15) is 14.7 Å². The summed E-state index contributed by atoms with van der Waals surface area (Å²) in [6.07, 6.45) is 2.75. The molecule has 1 heterocycles.